The molecule has 1 aromatic heterocycles. The molecule has 0 radical (unpaired) electrons. The van der Waals surface area contributed by atoms with Crippen LogP contribution in [0.1, 0.15) is 23.2 Å². The number of ether oxygens (including phenoxy) is 1. The summed E-state index contributed by atoms with van der Waals surface area (Å²) in [6.45, 7) is 3.48. The number of guanidine groups is 1. The predicted molar refractivity (Wildman–Crippen MR) is 94.1 cm³/mol. The molecule has 0 bridgehead atoms. The molecule has 0 atom stereocenters. The molecule has 0 unspecified atom stereocenters. The summed E-state index contributed by atoms with van der Waals surface area (Å²) in [7, 11) is 3.72. The van der Waals surface area contributed by atoms with Crippen molar-refractivity contribution >= 4 is 11.9 Å². The van der Waals surface area contributed by atoms with Crippen LogP contribution in [0.3, 0.4) is 0 Å². The lowest BCUT2D eigenvalue weighted by Crippen LogP contribution is -2.43. The van der Waals surface area contributed by atoms with Crippen LogP contribution in [0, 0.1) is 5.92 Å². The van der Waals surface area contributed by atoms with Crippen LogP contribution in [0.4, 0.5) is 0 Å². The van der Waals surface area contributed by atoms with Crippen LogP contribution in [0.5, 0.6) is 0 Å². The number of nitrogens with one attached hydrogen (secondary N) is 2. The van der Waals surface area contributed by atoms with Crippen molar-refractivity contribution < 1.29 is 9.53 Å². The maximum absolute atomic E-state index is 11.9. The number of hydrogen-bond donors (Lipinski definition) is 2. The average molecular weight is 333 g/mol. The van der Waals surface area contributed by atoms with Crippen molar-refractivity contribution in [3.63, 3.8) is 0 Å². The number of rotatable bonds is 9. The third-order valence-electron chi connectivity index (χ3n) is 3.81. The van der Waals surface area contributed by atoms with Gasteiger partial charge < -0.3 is 20.3 Å². The van der Waals surface area contributed by atoms with Gasteiger partial charge in [-0.15, -0.1) is 0 Å². The lowest BCUT2D eigenvalue weighted by Gasteiger charge is -2.22. The van der Waals surface area contributed by atoms with Crippen molar-refractivity contribution in [2.75, 3.05) is 46.9 Å². The Labute approximate surface area is 143 Å². The number of carbonyl (C=O) groups is 1. The number of likely N-dealkylation sites (N-methyl/N-ethyl adjacent to an activating group) is 1. The molecule has 1 amide bonds. The van der Waals surface area contributed by atoms with Gasteiger partial charge in [-0.05, 0) is 30.9 Å². The normalized spacial score (nSPS) is 14.3. The first kappa shape index (κ1) is 18.2. The summed E-state index contributed by atoms with van der Waals surface area (Å²) in [5.41, 5.74) is 0.562. The van der Waals surface area contributed by atoms with E-state index in [0.29, 0.717) is 25.3 Å². The van der Waals surface area contributed by atoms with Crippen LogP contribution in [0.2, 0.25) is 0 Å². The van der Waals surface area contributed by atoms with E-state index in [9.17, 15) is 4.79 Å². The van der Waals surface area contributed by atoms with E-state index in [0.717, 1.165) is 25.0 Å². The van der Waals surface area contributed by atoms with Crippen molar-refractivity contribution in [3.05, 3.63) is 30.1 Å². The van der Waals surface area contributed by atoms with E-state index in [2.05, 4.69) is 20.6 Å². The fourth-order valence-corrected chi connectivity index (χ4v) is 2.18. The number of aromatic nitrogens is 1. The molecule has 0 spiro atoms. The van der Waals surface area contributed by atoms with Gasteiger partial charge in [0.2, 0.25) is 0 Å². The Morgan fingerprint density at radius 2 is 2.21 bits per heavy atom. The molecule has 1 saturated carbocycles. The molecule has 1 fully saturated rings. The molecule has 0 aliphatic heterocycles. The zero-order valence-corrected chi connectivity index (χ0v) is 14.5. The zero-order chi connectivity index (χ0) is 17.2. The second-order valence-electron chi connectivity index (χ2n) is 5.91. The topological polar surface area (TPSA) is 78.8 Å². The maximum Gasteiger partial charge on any atom is 0.252 e. The fraction of sp³-hybridized carbons (Fsp3) is 0.588. The monoisotopic (exact) mass is 333 g/mol. The Kier molecular flexibility index (Phi) is 7.48. The van der Waals surface area contributed by atoms with Gasteiger partial charge in [0.05, 0.1) is 12.2 Å². The Bertz CT molecular complexity index is 531. The van der Waals surface area contributed by atoms with Gasteiger partial charge in [0.1, 0.15) is 0 Å². The van der Waals surface area contributed by atoms with Crippen molar-refractivity contribution in [2.45, 2.75) is 12.8 Å². The summed E-state index contributed by atoms with van der Waals surface area (Å²) >= 11 is 0. The van der Waals surface area contributed by atoms with Gasteiger partial charge in [-0.25, -0.2) is 0 Å². The van der Waals surface area contributed by atoms with E-state index >= 15 is 0 Å². The summed E-state index contributed by atoms with van der Waals surface area (Å²) in [5.74, 6) is 1.46. The first-order valence-electron chi connectivity index (χ1n) is 8.38. The standard InChI is InChI=1S/C17H27N5O2/c1-18-17(22(2)10-11-24-13-14-5-6-14)21-9-8-20-16(23)15-4-3-7-19-12-15/h3-4,7,12,14H,5-6,8-11,13H2,1-2H3,(H,18,21)(H,20,23). The highest BCUT2D eigenvalue weighted by Crippen LogP contribution is 2.28. The van der Waals surface area contributed by atoms with Gasteiger partial charge in [0.25, 0.3) is 5.91 Å². The molecule has 24 heavy (non-hydrogen) atoms. The number of pyridine rings is 1. The third-order valence-corrected chi connectivity index (χ3v) is 3.81. The van der Waals surface area contributed by atoms with Gasteiger partial charge in [-0.1, -0.05) is 0 Å². The van der Waals surface area contributed by atoms with Crippen LogP contribution < -0.4 is 10.6 Å². The van der Waals surface area contributed by atoms with Gasteiger partial charge in [0, 0.05) is 52.7 Å². The highest BCUT2D eigenvalue weighted by Gasteiger charge is 2.21. The molecule has 1 heterocycles. The zero-order valence-electron chi connectivity index (χ0n) is 14.5. The molecule has 7 nitrogen and oxygen atoms in total. The summed E-state index contributed by atoms with van der Waals surface area (Å²) < 4.78 is 5.64. The minimum Gasteiger partial charge on any atom is -0.379 e. The van der Waals surface area contributed by atoms with Gasteiger partial charge in [-0.3, -0.25) is 14.8 Å². The van der Waals surface area contributed by atoms with Crippen LogP contribution in [0.25, 0.3) is 0 Å². The Balaban J connectivity index is 1.59. The molecule has 2 rings (SSSR count). The van der Waals surface area contributed by atoms with Crippen molar-refractivity contribution in [3.8, 4) is 0 Å². The van der Waals surface area contributed by atoms with E-state index in [1.54, 1.807) is 31.6 Å². The van der Waals surface area contributed by atoms with Crippen LogP contribution >= 0.6 is 0 Å². The maximum atomic E-state index is 11.9. The molecule has 0 saturated heterocycles. The highest BCUT2D eigenvalue weighted by atomic mass is 16.5. The number of carbonyl (C=O) groups excluding carboxylic acids is 1. The summed E-state index contributed by atoms with van der Waals surface area (Å²) in [5, 5.41) is 6.08. The molecule has 132 valence electrons. The summed E-state index contributed by atoms with van der Waals surface area (Å²) in [4.78, 5) is 22.1. The number of nitrogens with zero attached hydrogens (tertiary/aromatic N) is 3. The largest absolute Gasteiger partial charge is 0.379 e. The van der Waals surface area contributed by atoms with E-state index in [1.165, 1.54) is 12.8 Å². The molecule has 2 N–H and O–H groups in total. The van der Waals surface area contributed by atoms with Gasteiger partial charge >= 0.3 is 0 Å². The van der Waals surface area contributed by atoms with E-state index < -0.39 is 0 Å². The van der Waals surface area contributed by atoms with Crippen LogP contribution in [-0.4, -0.2) is 68.7 Å². The number of aliphatic imine (C=N–C) groups is 1. The molecule has 1 aliphatic rings. The molecular formula is C17H27N5O2. The Morgan fingerprint density at radius 1 is 1.42 bits per heavy atom. The van der Waals surface area contributed by atoms with Crippen molar-refractivity contribution in [1.29, 1.82) is 0 Å². The highest BCUT2D eigenvalue weighted by molar-refractivity contribution is 5.93. The Hall–Kier alpha value is -2.15. The predicted octanol–water partition coefficient (Wildman–Crippen LogP) is 0.745. The first-order valence-corrected chi connectivity index (χ1v) is 8.38. The third kappa shape index (κ3) is 6.54. The van der Waals surface area contributed by atoms with E-state index in [4.69, 9.17) is 4.74 Å². The summed E-state index contributed by atoms with van der Waals surface area (Å²) in [6.07, 6.45) is 5.82. The smallest absolute Gasteiger partial charge is 0.252 e. The number of amides is 1. The van der Waals surface area contributed by atoms with Crippen LogP contribution in [-0.2, 0) is 4.74 Å². The second kappa shape index (κ2) is 9.87. The SMILES string of the molecule is CN=C(NCCNC(=O)c1cccnc1)N(C)CCOCC1CC1. The minimum absolute atomic E-state index is 0.123. The quantitative estimate of drug-likeness (QED) is 0.396. The molecule has 1 aromatic rings. The second-order valence-corrected chi connectivity index (χ2v) is 5.91. The van der Waals surface area contributed by atoms with E-state index in [-0.39, 0.29) is 5.91 Å². The summed E-state index contributed by atoms with van der Waals surface area (Å²) in [6, 6.07) is 3.49. The average Bonchev–Trinajstić information content (AvgIpc) is 3.43. The molecule has 0 aromatic carbocycles. The van der Waals surface area contributed by atoms with Crippen molar-refractivity contribution in [2.24, 2.45) is 10.9 Å². The number of hydrogen-bond acceptors (Lipinski definition) is 4. The first-order chi connectivity index (χ1) is 11.7. The molecule has 1 aliphatic carbocycles. The van der Waals surface area contributed by atoms with Gasteiger partial charge in [0.15, 0.2) is 5.96 Å². The van der Waals surface area contributed by atoms with Gasteiger partial charge in [-0.2, -0.15) is 0 Å². The van der Waals surface area contributed by atoms with Crippen LogP contribution in [0.15, 0.2) is 29.5 Å². The fourth-order valence-electron chi connectivity index (χ4n) is 2.18. The molecular weight excluding hydrogens is 306 g/mol. The minimum atomic E-state index is -0.123. The Morgan fingerprint density at radius 3 is 2.88 bits per heavy atom. The lowest BCUT2D eigenvalue weighted by molar-refractivity contribution is 0.0954. The lowest BCUT2D eigenvalue weighted by atomic mass is 10.3. The van der Waals surface area contributed by atoms with Crippen molar-refractivity contribution in [1.82, 2.24) is 20.5 Å². The van der Waals surface area contributed by atoms with E-state index in [1.807, 2.05) is 11.9 Å². The molecule has 7 heteroatoms.